The molecule has 2 aromatic carbocycles. The Bertz CT molecular complexity index is 811. The van der Waals surface area contributed by atoms with Crippen molar-refractivity contribution in [2.75, 3.05) is 13.7 Å². The first-order chi connectivity index (χ1) is 12.2. The lowest BCUT2D eigenvalue weighted by Crippen LogP contribution is -2.30. The zero-order valence-electron chi connectivity index (χ0n) is 15.2. The predicted octanol–water partition coefficient (Wildman–Crippen LogP) is 3.74. The highest BCUT2D eigenvalue weighted by molar-refractivity contribution is 5.95. The summed E-state index contributed by atoms with van der Waals surface area (Å²) < 4.78 is 19.3. The van der Waals surface area contributed by atoms with Gasteiger partial charge < -0.3 is 14.7 Å². The van der Waals surface area contributed by atoms with Gasteiger partial charge in [0.1, 0.15) is 11.6 Å². The molecule has 1 unspecified atom stereocenters. The van der Waals surface area contributed by atoms with Crippen molar-refractivity contribution in [1.82, 2.24) is 4.90 Å². The number of amides is 1. The van der Waals surface area contributed by atoms with Gasteiger partial charge in [0.05, 0.1) is 6.04 Å². The maximum absolute atomic E-state index is 14.0. The molecule has 0 aliphatic rings. The molecule has 0 aromatic heterocycles. The molecule has 0 saturated heterocycles. The molecule has 6 heteroatoms. The minimum atomic E-state index is -1.07. The second-order valence-corrected chi connectivity index (χ2v) is 6.24. The van der Waals surface area contributed by atoms with Gasteiger partial charge in [0.15, 0.2) is 6.61 Å². The molecule has 138 valence electrons. The van der Waals surface area contributed by atoms with Crippen LogP contribution >= 0.6 is 0 Å². The van der Waals surface area contributed by atoms with Crippen molar-refractivity contribution in [3.05, 3.63) is 64.5 Å². The summed E-state index contributed by atoms with van der Waals surface area (Å²) in [6.45, 7) is 4.82. The fourth-order valence-electron chi connectivity index (χ4n) is 2.84. The topological polar surface area (TPSA) is 66.8 Å². The van der Waals surface area contributed by atoms with Crippen LogP contribution in [-0.4, -0.2) is 35.5 Å². The van der Waals surface area contributed by atoms with Crippen LogP contribution in [0.3, 0.4) is 0 Å². The van der Waals surface area contributed by atoms with E-state index in [4.69, 9.17) is 9.84 Å². The molecule has 0 spiro atoms. The van der Waals surface area contributed by atoms with Crippen molar-refractivity contribution in [2.45, 2.75) is 26.8 Å². The Morgan fingerprint density at radius 2 is 1.77 bits per heavy atom. The van der Waals surface area contributed by atoms with Gasteiger partial charge in [0.25, 0.3) is 5.91 Å². The Hall–Kier alpha value is -2.89. The van der Waals surface area contributed by atoms with Crippen LogP contribution in [0.5, 0.6) is 5.75 Å². The van der Waals surface area contributed by atoms with Crippen LogP contribution in [-0.2, 0) is 4.79 Å². The normalized spacial score (nSPS) is 11.7. The fraction of sp³-hybridized carbons (Fsp3) is 0.300. The summed E-state index contributed by atoms with van der Waals surface area (Å²) in [6, 6.07) is 9.23. The second kappa shape index (κ2) is 7.99. The Morgan fingerprint density at radius 1 is 1.19 bits per heavy atom. The minimum absolute atomic E-state index is 0.253. The molecule has 1 atom stereocenters. The van der Waals surface area contributed by atoms with Gasteiger partial charge in [-0.1, -0.05) is 18.2 Å². The van der Waals surface area contributed by atoms with Crippen LogP contribution in [0.25, 0.3) is 0 Å². The maximum Gasteiger partial charge on any atom is 0.341 e. The molecule has 0 saturated carbocycles. The van der Waals surface area contributed by atoms with Crippen molar-refractivity contribution >= 4 is 11.9 Å². The molecule has 0 aliphatic heterocycles. The van der Waals surface area contributed by atoms with E-state index in [0.717, 1.165) is 0 Å². The summed E-state index contributed by atoms with van der Waals surface area (Å²) >= 11 is 0. The van der Waals surface area contributed by atoms with Crippen molar-refractivity contribution < 1.29 is 23.8 Å². The number of hydrogen-bond donors (Lipinski definition) is 1. The summed E-state index contributed by atoms with van der Waals surface area (Å²) in [7, 11) is 1.62. The molecule has 1 N–H and O–H groups in total. The minimum Gasteiger partial charge on any atom is -0.481 e. The fourth-order valence-corrected chi connectivity index (χ4v) is 2.84. The average molecular weight is 359 g/mol. The molecule has 0 fully saturated rings. The van der Waals surface area contributed by atoms with Crippen LogP contribution < -0.4 is 4.74 Å². The molecular formula is C20H22FNO4. The summed E-state index contributed by atoms with van der Waals surface area (Å²) in [4.78, 5) is 25.0. The van der Waals surface area contributed by atoms with Crippen LogP contribution in [0, 0.1) is 19.7 Å². The summed E-state index contributed by atoms with van der Waals surface area (Å²) in [6.07, 6.45) is 0. The summed E-state index contributed by atoms with van der Waals surface area (Å²) in [5, 5.41) is 8.75. The molecule has 2 aromatic rings. The zero-order valence-corrected chi connectivity index (χ0v) is 15.2. The Balaban J connectivity index is 2.26. The van der Waals surface area contributed by atoms with Crippen LogP contribution in [0.1, 0.15) is 40.0 Å². The molecular weight excluding hydrogens is 337 g/mol. The molecule has 0 heterocycles. The second-order valence-electron chi connectivity index (χ2n) is 6.24. The van der Waals surface area contributed by atoms with Crippen LogP contribution in [0.4, 0.5) is 4.39 Å². The van der Waals surface area contributed by atoms with E-state index in [9.17, 15) is 14.0 Å². The van der Waals surface area contributed by atoms with E-state index >= 15 is 0 Å². The number of ether oxygens (including phenoxy) is 1. The van der Waals surface area contributed by atoms with Gasteiger partial charge in [-0.2, -0.15) is 0 Å². The quantitative estimate of drug-likeness (QED) is 0.853. The van der Waals surface area contributed by atoms with Crippen LogP contribution in [0.2, 0.25) is 0 Å². The van der Waals surface area contributed by atoms with Gasteiger partial charge in [-0.3, -0.25) is 4.79 Å². The SMILES string of the molecule is Cc1cc(C(=O)N(C)C(C)c2ccccc2F)cc(C)c1OCC(=O)O. The van der Waals surface area contributed by atoms with E-state index in [1.807, 2.05) is 0 Å². The third-order valence-electron chi connectivity index (χ3n) is 4.30. The van der Waals surface area contributed by atoms with Gasteiger partial charge in [-0.25, -0.2) is 9.18 Å². The van der Waals surface area contributed by atoms with Gasteiger partial charge in [-0.15, -0.1) is 0 Å². The van der Waals surface area contributed by atoms with E-state index in [2.05, 4.69) is 0 Å². The maximum atomic E-state index is 14.0. The van der Waals surface area contributed by atoms with E-state index in [0.29, 0.717) is 28.0 Å². The Labute approximate surface area is 152 Å². The number of halogens is 1. The van der Waals surface area contributed by atoms with Gasteiger partial charge >= 0.3 is 5.97 Å². The van der Waals surface area contributed by atoms with Crippen molar-refractivity contribution in [3.63, 3.8) is 0 Å². The number of nitrogens with zero attached hydrogens (tertiary/aromatic N) is 1. The molecule has 2 rings (SSSR count). The number of carboxylic acids is 1. The number of carbonyl (C=O) groups excluding carboxylic acids is 1. The first-order valence-corrected chi connectivity index (χ1v) is 8.19. The smallest absolute Gasteiger partial charge is 0.341 e. The summed E-state index contributed by atoms with van der Waals surface area (Å²) in [5.41, 5.74) is 2.22. The van der Waals surface area contributed by atoms with Crippen molar-refractivity contribution in [2.24, 2.45) is 0 Å². The van der Waals surface area contributed by atoms with Gasteiger partial charge in [0.2, 0.25) is 0 Å². The zero-order chi connectivity index (χ0) is 19.4. The number of carboxylic acid groups (broad SMARTS) is 1. The lowest BCUT2D eigenvalue weighted by molar-refractivity contribution is -0.139. The first kappa shape index (κ1) is 19.4. The van der Waals surface area contributed by atoms with E-state index < -0.39 is 18.6 Å². The summed E-state index contributed by atoms with van der Waals surface area (Å²) in [5.74, 6) is -1.22. The highest BCUT2D eigenvalue weighted by Gasteiger charge is 2.22. The highest BCUT2D eigenvalue weighted by atomic mass is 19.1. The largest absolute Gasteiger partial charge is 0.481 e. The molecule has 0 radical (unpaired) electrons. The van der Waals surface area contributed by atoms with E-state index in [1.165, 1.54) is 11.0 Å². The number of carbonyl (C=O) groups is 2. The molecule has 0 aliphatic carbocycles. The Morgan fingerprint density at radius 3 is 2.31 bits per heavy atom. The molecule has 1 amide bonds. The van der Waals surface area contributed by atoms with E-state index in [1.54, 1.807) is 58.2 Å². The number of aryl methyl sites for hydroxylation is 2. The lowest BCUT2D eigenvalue weighted by atomic mass is 10.0. The molecule has 0 bridgehead atoms. The third-order valence-corrected chi connectivity index (χ3v) is 4.30. The Kier molecular flexibility index (Phi) is 5.97. The number of rotatable bonds is 6. The van der Waals surface area contributed by atoms with Crippen molar-refractivity contribution in [3.8, 4) is 5.75 Å². The third kappa shape index (κ3) is 4.20. The number of hydrogen-bond acceptors (Lipinski definition) is 3. The van der Waals surface area contributed by atoms with Crippen LogP contribution in [0.15, 0.2) is 36.4 Å². The number of benzene rings is 2. The predicted molar refractivity (Wildman–Crippen MR) is 96.0 cm³/mol. The average Bonchev–Trinajstić information content (AvgIpc) is 2.59. The molecule has 26 heavy (non-hydrogen) atoms. The monoisotopic (exact) mass is 359 g/mol. The first-order valence-electron chi connectivity index (χ1n) is 8.19. The van der Waals surface area contributed by atoms with E-state index in [-0.39, 0.29) is 11.7 Å². The van der Waals surface area contributed by atoms with Gasteiger partial charge in [-0.05, 0) is 50.1 Å². The standard InChI is InChI=1S/C20H22FNO4/c1-12-9-15(10-13(2)19(12)26-11-18(23)24)20(25)22(4)14(3)16-7-5-6-8-17(16)21/h5-10,14H,11H2,1-4H3,(H,23,24). The van der Waals surface area contributed by atoms with Crippen molar-refractivity contribution in [1.29, 1.82) is 0 Å². The lowest BCUT2D eigenvalue weighted by Gasteiger charge is -2.26. The number of aliphatic carboxylic acids is 1. The molecule has 5 nitrogen and oxygen atoms in total. The van der Waals surface area contributed by atoms with Gasteiger partial charge in [0, 0.05) is 18.2 Å². The highest BCUT2D eigenvalue weighted by Crippen LogP contribution is 2.28.